The zero-order chi connectivity index (χ0) is 26.8. The van der Waals surface area contributed by atoms with E-state index in [1.165, 1.54) is 51.4 Å². The molecule has 1 heterocycles. The van der Waals surface area contributed by atoms with E-state index in [0.717, 1.165) is 42.4 Å². The van der Waals surface area contributed by atoms with Gasteiger partial charge < -0.3 is 19.7 Å². The second kappa shape index (κ2) is 9.80. The van der Waals surface area contributed by atoms with Gasteiger partial charge >= 0.3 is 11.9 Å². The zero-order valence-corrected chi connectivity index (χ0v) is 23.7. The summed E-state index contributed by atoms with van der Waals surface area (Å²) in [5.41, 5.74) is 0.668. The van der Waals surface area contributed by atoms with Gasteiger partial charge in [0.25, 0.3) is 0 Å². The molecular formula is C31H50O6. The highest BCUT2D eigenvalue weighted by molar-refractivity contribution is 5.84. The van der Waals surface area contributed by atoms with Crippen LogP contribution in [-0.2, 0) is 19.1 Å². The zero-order valence-electron chi connectivity index (χ0n) is 23.7. The molecule has 0 amide bonds. The molecule has 5 fully saturated rings. The van der Waals surface area contributed by atoms with E-state index >= 15 is 0 Å². The Hall–Kier alpha value is -1.14. The van der Waals surface area contributed by atoms with Gasteiger partial charge in [-0.2, -0.15) is 0 Å². The van der Waals surface area contributed by atoms with E-state index in [2.05, 4.69) is 34.6 Å². The lowest BCUT2D eigenvalue weighted by atomic mass is 9.44. The van der Waals surface area contributed by atoms with E-state index in [0.29, 0.717) is 30.1 Å². The fourth-order valence-corrected chi connectivity index (χ4v) is 10.4. The van der Waals surface area contributed by atoms with Gasteiger partial charge in [-0.15, -0.1) is 0 Å². The molecule has 5 rings (SSSR count). The maximum atomic E-state index is 11.7. The first kappa shape index (κ1) is 27.4. The fourth-order valence-electron chi connectivity index (χ4n) is 10.4. The van der Waals surface area contributed by atoms with Gasteiger partial charge in [0.2, 0.25) is 0 Å². The summed E-state index contributed by atoms with van der Waals surface area (Å²) in [6, 6.07) is 0. The molecule has 0 radical (unpaired) electrons. The molecule has 37 heavy (non-hydrogen) atoms. The molecule has 6 nitrogen and oxygen atoms in total. The number of carboxylic acids is 2. The topological polar surface area (TPSA) is 93.1 Å². The van der Waals surface area contributed by atoms with Crippen molar-refractivity contribution in [3.05, 3.63) is 0 Å². The van der Waals surface area contributed by atoms with E-state index < -0.39 is 29.9 Å². The van der Waals surface area contributed by atoms with Crippen molar-refractivity contribution in [2.75, 3.05) is 0 Å². The van der Waals surface area contributed by atoms with Crippen molar-refractivity contribution < 1.29 is 29.3 Å². The molecule has 10 atom stereocenters. The minimum Gasteiger partial charge on any atom is -0.479 e. The lowest BCUT2D eigenvalue weighted by molar-refractivity contribution is -0.242. The number of aliphatic carboxylic acids is 2. The Morgan fingerprint density at radius 1 is 0.811 bits per heavy atom. The summed E-state index contributed by atoms with van der Waals surface area (Å²) in [5, 5.41) is 19.1. The van der Waals surface area contributed by atoms with Crippen LogP contribution in [0.1, 0.15) is 112 Å². The number of hydrogen-bond acceptors (Lipinski definition) is 4. The summed E-state index contributed by atoms with van der Waals surface area (Å²) in [7, 11) is 0. The molecule has 2 N–H and O–H groups in total. The Kier molecular flexibility index (Phi) is 7.26. The first-order chi connectivity index (χ1) is 17.4. The van der Waals surface area contributed by atoms with Gasteiger partial charge in [0.1, 0.15) is 0 Å². The molecule has 0 aromatic carbocycles. The molecule has 0 bridgehead atoms. The van der Waals surface area contributed by atoms with Crippen LogP contribution in [0.2, 0.25) is 0 Å². The predicted octanol–water partition coefficient (Wildman–Crippen LogP) is 6.76. The molecule has 1 saturated heterocycles. The van der Waals surface area contributed by atoms with E-state index in [-0.39, 0.29) is 5.41 Å². The third-order valence-electron chi connectivity index (χ3n) is 12.3. The van der Waals surface area contributed by atoms with Gasteiger partial charge in [0.15, 0.2) is 18.0 Å². The van der Waals surface area contributed by atoms with Crippen LogP contribution in [0, 0.1) is 52.3 Å². The smallest absolute Gasteiger partial charge is 0.336 e. The highest BCUT2D eigenvalue weighted by Crippen LogP contribution is 2.69. The van der Waals surface area contributed by atoms with Gasteiger partial charge in [-0.3, -0.25) is 0 Å². The maximum Gasteiger partial charge on any atom is 0.336 e. The first-order valence-electron chi connectivity index (χ1n) is 15.2. The normalized spacial score (nSPS) is 45.3. The average Bonchev–Trinajstić information content (AvgIpc) is 3.38. The largest absolute Gasteiger partial charge is 0.479 e. The van der Waals surface area contributed by atoms with Gasteiger partial charge in [-0.25, -0.2) is 9.59 Å². The Morgan fingerprint density at radius 3 is 2.08 bits per heavy atom. The van der Waals surface area contributed by atoms with Crippen LogP contribution in [-0.4, -0.2) is 40.1 Å². The summed E-state index contributed by atoms with van der Waals surface area (Å²) in [5.74, 6) is 1.60. The van der Waals surface area contributed by atoms with Crippen molar-refractivity contribution in [2.45, 2.75) is 130 Å². The van der Waals surface area contributed by atoms with Gasteiger partial charge in [-0.05, 0) is 97.2 Å². The number of hydrogen-bond donors (Lipinski definition) is 2. The molecule has 210 valence electrons. The average molecular weight is 519 g/mol. The molecule has 0 aromatic heterocycles. The fraction of sp³-hybridized carbons (Fsp3) is 0.935. The predicted molar refractivity (Wildman–Crippen MR) is 141 cm³/mol. The highest BCUT2D eigenvalue weighted by atomic mass is 16.8. The summed E-state index contributed by atoms with van der Waals surface area (Å²) < 4.78 is 11.9. The first-order valence-corrected chi connectivity index (χ1v) is 15.2. The SMILES string of the molecule is CC(C)CCC[C@@H](C)[C@H]1CCC2C3CCC4CC5(CC[C@]4(C)C3CC[C@@]21C)O[C@@H](C(=O)O)[C@H](C(=O)O)O5. The summed E-state index contributed by atoms with van der Waals surface area (Å²) >= 11 is 0. The third kappa shape index (κ3) is 4.56. The second-order valence-corrected chi connectivity index (χ2v) is 14.6. The van der Waals surface area contributed by atoms with Crippen molar-refractivity contribution in [2.24, 2.45) is 52.3 Å². The number of carbonyl (C=O) groups is 2. The van der Waals surface area contributed by atoms with E-state index in [1.807, 2.05) is 0 Å². The third-order valence-corrected chi connectivity index (χ3v) is 12.3. The molecule has 4 saturated carbocycles. The van der Waals surface area contributed by atoms with Gasteiger partial charge in [0, 0.05) is 12.8 Å². The minimum atomic E-state index is -1.42. The van der Waals surface area contributed by atoms with Gasteiger partial charge in [-0.1, -0.05) is 53.9 Å². The van der Waals surface area contributed by atoms with Crippen LogP contribution in [0.4, 0.5) is 0 Å². The molecule has 6 heteroatoms. The highest BCUT2D eigenvalue weighted by Gasteiger charge is 2.64. The van der Waals surface area contributed by atoms with Crippen LogP contribution >= 0.6 is 0 Å². The minimum absolute atomic E-state index is 0.198. The standard InChI is InChI=1S/C31H50O6/c1-18(2)7-6-8-19(3)22-11-12-23-21-10-9-20-17-31(36-25(27(32)33)26(37-31)28(34)35)16-15-29(20,4)24(21)13-14-30(22,23)5/h18-26H,6-17H2,1-5H3,(H,32,33)(H,34,35)/t19-,20?,21?,22-,23?,24?,25-,26-,29+,30-/m1/s1. The lowest BCUT2D eigenvalue weighted by Gasteiger charge is -2.62. The number of rotatable bonds is 7. The number of carboxylic acid groups (broad SMARTS) is 2. The van der Waals surface area contributed by atoms with E-state index in [4.69, 9.17) is 9.47 Å². The molecule has 1 aliphatic heterocycles. The van der Waals surface area contributed by atoms with Crippen molar-refractivity contribution >= 4 is 11.9 Å². The van der Waals surface area contributed by atoms with Crippen LogP contribution < -0.4 is 0 Å². The summed E-state index contributed by atoms with van der Waals surface area (Å²) in [6.07, 6.45) is 11.1. The van der Waals surface area contributed by atoms with Crippen LogP contribution in [0.15, 0.2) is 0 Å². The Balaban J connectivity index is 1.28. The second-order valence-electron chi connectivity index (χ2n) is 14.6. The molecule has 5 aliphatic rings. The Morgan fingerprint density at radius 2 is 1.46 bits per heavy atom. The molecule has 4 unspecified atom stereocenters. The lowest BCUT2D eigenvalue weighted by Crippen LogP contribution is -2.56. The summed E-state index contributed by atoms with van der Waals surface area (Å²) in [4.78, 5) is 23.4. The van der Waals surface area contributed by atoms with Gasteiger partial charge in [0.05, 0.1) is 0 Å². The molecular weight excluding hydrogens is 468 g/mol. The molecule has 0 aromatic rings. The van der Waals surface area contributed by atoms with Crippen molar-refractivity contribution in [1.82, 2.24) is 0 Å². The number of ether oxygens (including phenoxy) is 2. The van der Waals surface area contributed by atoms with E-state index in [1.54, 1.807) is 0 Å². The van der Waals surface area contributed by atoms with E-state index in [9.17, 15) is 19.8 Å². The Bertz CT molecular complexity index is 863. The van der Waals surface area contributed by atoms with Crippen molar-refractivity contribution in [3.63, 3.8) is 0 Å². The number of fused-ring (bicyclic) bond motifs is 5. The molecule has 4 aliphatic carbocycles. The quantitative estimate of drug-likeness (QED) is 0.387. The Labute approximate surface area is 223 Å². The van der Waals surface area contributed by atoms with Crippen LogP contribution in [0.3, 0.4) is 0 Å². The van der Waals surface area contributed by atoms with Crippen molar-refractivity contribution in [1.29, 1.82) is 0 Å². The molecule has 1 spiro atoms. The van der Waals surface area contributed by atoms with Crippen LogP contribution in [0.25, 0.3) is 0 Å². The monoisotopic (exact) mass is 518 g/mol. The maximum absolute atomic E-state index is 11.7. The van der Waals surface area contributed by atoms with Crippen LogP contribution in [0.5, 0.6) is 0 Å². The van der Waals surface area contributed by atoms with Crippen molar-refractivity contribution in [3.8, 4) is 0 Å². The summed E-state index contributed by atoms with van der Waals surface area (Å²) in [6.45, 7) is 12.3.